The normalized spacial score (nSPS) is 10.5. The molecule has 1 amide bonds. The van der Waals surface area contributed by atoms with E-state index in [4.69, 9.17) is 25.8 Å². The highest BCUT2D eigenvalue weighted by atomic mass is 35.5. The monoisotopic (exact) mass is 501 g/mol. The minimum Gasteiger partial charge on any atom is -0.493 e. The predicted octanol–water partition coefficient (Wildman–Crippen LogP) is 6.54. The third-order valence-corrected chi connectivity index (χ3v) is 5.84. The Bertz CT molecular complexity index is 1250. The van der Waals surface area contributed by atoms with Crippen LogP contribution in [0.15, 0.2) is 103 Å². The van der Waals surface area contributed by atoms with Crippen molar-refractivity contribution in [2.24, 2.45) is 0 Å². The van der Waals surface area contributed by atoms with Crippen LogP contribution in [0.5, 0.6) is 17.2 Å². The number of methoxy groups -OCH3 is 1. The Morgan fingerprint density at radius 1 is 0.722 bits per heavy atom. The highest BCUT2D eigenvalue weighted by molar-refractivity contribution is 6.30. The van der Waals surface area contributed by atoms with Crippen molar-refractivity contribution in [1.29, 1.82) is 0 Å². The lowest BCUT2D eigenvalue weighted by Crippen LogP contribution is -2.34. The number of benzene rings is 4. The second-order valence-corrected chi connectivity index (χ2v) is 8.67. The third-order valence-electron chi connectivity index (χ3n) is 5.58. The van der Waals surface area contributed by atoms with Crippen LogP contribution in [-0.2, 0) is 24.5 Å². The van der Waals surface area contributed by atoms with Crippen molar-refractivity contribution in [3.63, 3.8) is 0 Å². The van der Waals surface area contributed by atoms with Gasteiger partial charge in [0, 0.05) is 18.1 Å². The number of ether oxygens (including phenoxy) is 3. The van der Waals surface area contributed by atoms with Crippen molar-refractivity contribution in [2.75, 3.05) is 13.7 Å². The molecule has 4 rings (SSSR count). The lowest BCUT2D eigenvalue weighted by atomic mass is 10.1. The fourth-order valence-corrected chi connectivity index (χ4v) is 3.81. The zero-order chi connectivity index (χ0) is 25.2. The summed E-state index contributed by atoms with van der Waals surface area (Å²) in [5, 5.41) is 0.615. The fraction of sp³-hybridized carbons (Fsp3) is 0.167. The quantitative estimate of drug-likeness (QED) is 0.234. The Labute approximate surface area is 216 Å². The number of carbonyl (C=O) groups is 1. The number of hydrogen-bond acceptors (Lipinski definition) is 4. The number of rotatable bonds is 11. The maximum absolute atomic E-state index is 13.2. The second-order valence-electron chi connectivity index (χ2n) is 8.24. The van der Waals surface area contributed by atoms with E-state index in [0.29, 0.717) is 42.0 Å². The first-order valence-electron chi connectivity index (χ1n) is 11.6. The highest BCUT2D eigenvalue weighted by Gasteiger charge is 2.17. The van der Waals surface area contributed by atoms with Crippen molar-refractivity contribution < 1.29 is 19.0 Å². The van der Waals surface area contributed by atoms with Gasteiger partial charge in [0.2, 0.25) is 0 Å². The molecule has 0 N–H and O–H groups in total. The smallest absolute Gasteiger partial charge is 0.261 e. The minimum atomic E-state index is -0.128. The molecular formula is C30H28ClNO4. The third kappa shape index (κ3) is 7.27. The van der Waals surface area contributed by atoms with Gasteiger partial charge in [0.25, 0.3) is 5.91 Å². The standard InChI is InChI=1S/C30H28ClNO4/c1-34-29-18-25(12-17-28(29)36-21-24-10-6-3-7-11-24)20-32(19-23-8-4-2-5-9-23)30(33)22-35-27-15-13-26(31)14-16-27/h2-18H,19-22H2,1H3. The van der Waals surface area contributed by atoms with Gasteiger partial charge in [0.1, 0.15) is 12.4 Å². The van der Waals surface area contributed by atoms with Crippen molar-refractivity contribution in [3.8, 4) is 17.2 Å². The summed E-state index contributed by atoms with van der Waals surface area (Å²) < 4.78 is 17.3. The van der Waals surface area contributed by atoms with Gasteiger partial charge in [-0.25, -0.2) is 0 Å². The van der Waals surface area contributed by atoms with Crippen molar-refractivity contribution >= 4 is 17.5 Å². The molecule has 0 atom stereocenters. The Hall–Kier alpha value is -3.96. The first kappa shape index (κ1) is 25.1. The average molecular weight is 502 g/mol. The molecule has 0 unspecified atom stereocenters. The molecule has 4 aromatic carbocycles. The van der Waals surface area contributed by atoms with Crippen LogP contribution >= 0.6 is 11.6 Å². The van der Waals surface area contributed by atoms with Crippen molar-refractivity contribution in [2.45, 2.75) is 19.7 Å². The summed E-state index contributed by atoms with van der Waals surface area (Å²) in [7, 11) is 1.61. The highest BCUT2D eigenvalue weighted by Crippen LogP contribution is 2.29. The van der Waals surface area contributed by atoms with Gasteiger partial charge in [-0.15, -0.1) is 0 Å². The largest absolute Gasteiger partial charge is 0.493 e. The summed E-state index contributed by atoms with van der Waals surface area (Å²) in [6.07, 6.45) is 0. The van der Waals surface area contributed by atoms with Crippen LogP contribution in [0, 0.1) is 0 Å². The molecule has 0 spiro atoms. The molecule has 6 heteroatoms. The molecule has 0 saturated carbocycles. The number of carbonyl (C=O) groups excluding carboxylic acids is 1. The zero-order valence-corrected chi connectivity index (χ0v) is 20.9. The number of hydrogen-bond donors (Lipinski definition) is 0. The second kappa shape index (κ2) is 12.7. The van der Waals surface area contributed by atoms with Crippen LogP contribution in [0.25, 0.3) is 0 Å². The Morgan fingerprint density at radius 2 is 1.36 bits per heavy atom. The average Bonchev–Trinajstić information content (AvgIpc) is 2.92. The van der Waals surface area contributed by atoms with Crippen LogP contribution in [0.3, 0.4) is 0 Å². The van der Waals surface area contributed by atoms with E-state index in [9.17, 15) is 4.79 Å². The molecule has 0 aromatic heterocycles. The molecule has 5 nitrogen and oxygen atoms in total. The Morgan fingerprint density at radius 3 is 2.03 bits per heavy atom. The molecule has 0 aliphatic heterocycles. The summed E-state index contributed by atoms with van der Waals surface area (Å²) in [5.74, 6) is 1.73. The Kier molecular flexibility index (Phi) is 8.84. The van der Waals surface area contributed by atoms with Crippen LogP contribution in [-0.4, -0.2) is 24.5 Å². The summed E-state index contributed by atoms with van der Waals surface area (Å²) in [4.78, 5) is 15.0. The zero-order valence-electron chi connectivity index (χ0n) is 20.1. The molecule has 0 fully saturated rings. The first-order chi connectivity index (χ1) is 17.6. The molecule has 0 saturated heterocycles. The van der Waals surface area contributed by atoms with Gasteiger partial charge in [-0.2, -0.15) is 0 Å². The number of halogens is 1. The predicted molar refractivity (Wildman–Crippen MR) is 141 cm³/mol. The molecule has 0 aliphatic carbocycles. The van der Waals surface area contributed by atoms with E-state index in [2.05, 4.69) is 0 Å². The van der Waals surface area contributed by atoms with Crippen molar-refractivity contribution in [1.82, 2.24) is 4.90 Å². The van der Waals surface area contributed by atoms with E-state index in [1.54, 1.807) is 36.3 Å². The molecule has 0 bridgehead atoms. The van der Waals surface area contributed by atoms with E-state index < -0.39 is 0 Å². The fourth-order valence-electron chi connectivity index (χ4n) is 3.69. The van der Waals surface area contributed by atoms with Crippen LogP contribution < -0.4 is 14.2 Å². The minimum absolute atomic E-state index is 0.0795. The summed E-state index contributed by atoms with van der Waals surface area (Å²) in [6, 6.07) is 32.5. The lowest BCUT2D eigenvalue weighted by molar-refractivity contribution is -0.134. The van der Waals surface area contributed by atoms with E-state index in [1.165, 1.54) is 0 Å². The molecule has 0 heterocycles. The summed E-state index contributed by atoms with van der Waals surface area (Å²) >= 11 is 5.94. The molecule has 0 aliphatic rings. The maximum Gasteiger partial charge on any atom is 0.261 e. The van der Waals surface area contributed by atoms with Gasteiger partial charge in [-0.1, -0.05) is 78.3 Å². The summed E-state index contributed by atoms with van der Waals surface area (Å²) in [6.45, 7) is 1.21. The van der Waals surface area contributed by atoms with Gasteiger partial charge in [-0.3, -0.25) is 4.79 Å². The van der Waals surface area contributed by atoms with Crippen LogP contribution in [0.2, 0.25) is 5.02 Å². The van der Waals surface area contributed by atoms with E-state index in [-0.39, 0.29) is 12.5 Å². The molecule has 0 radical (unpaired) electrons. The van der Waals surface area contributed by atoms with Gasteiger partial charge >= 0.3 is 0 Å². The van der Waals surface area contributed by atoms with E-state index in [1.807, 2.05) is 78.9 Å². The van der Waals surface area contributed by atoms with Crippen LogP contribution in [0.1, 0.15) is 16.7 Å². The van der Waals surface area contributed by atoms with Crippen molar-refractivity contribution in [3.05, 3.63) is 125 Å². The van der Waals surface area contributed by atoms with Gasteiger partial charge in [0.05, 0.1) is 7.11 Å². The Balaban J connectivity index is 1.46. The lowest BCUT2D eigenvalue weighted by Gasteiger charge is -2.24. The van der Waals surface area contributed by atoms with E-state index in [0.717, 1.165) is 16.7 Å². The number of amides is 1. The topological polar surface area (TPSA) is 48.0 Å². The van der Waals surface area contributed by atoms with E-state index >= 15 is 0 Å². The molecule has 4 aromatic rings. The number of nitrogens with zero attached hydrogens (tertiary/aromatic N) is 1. The van der Waals surface area contributed by atoms with Gasteiger partial charge in [0.15, 0.2) is 18.1 Å². The van der Waals surface area contributed by atoms with Gasteiger partial charge < -0.3 is 19.1 Å². The SMILES string of the molecule is COc1cc(CN(Cc2ccccc2)C(=O)COc2ccc(Cl)cc2)ccc1OCc1ccccc1. The maximum atomic E-state index is 13.2. The summed E-state index contributed by atoms with van der Waals surface area (Å²) in [5.41, 5.74) is 3.03. The van der Waals surface area contributed by atoms with Gasteiger partial charge in [-0.05, 0) is 53.1 Å². The van der Waals surface area contributed by atoms with Crippen LogP contribution in [0.4, 0.5) is 0 Å². The first-order valence-corrected chi connectivity index (χ1v) is 12.0. The molecular weight excluding hydrogens is 474 g/mol. The molecule has 184 valence electrons. The molecule has 36 heavy (non-hydrogen) atoms.